The van der Waals surface area contributed by atoms with Crippen LogP contribution < -0.4 is 10.5 Å². The SMILES string of the molecule is C[C@@H]1NC(=S)N(CCc2ccc(S(N)(=O)=O)cc2)C1=O. The van der Waals surface area contributed by atoms with E-state index < -0.39 is 10.0 Å². The zero-order valence-electron chi connectivity index (χ0n) is 10.9. The van der Waals surface area contributed by atoms with Gasteiger partial charge in [0.05, 0.1) is 4.90 Å². The van der Waals surface area contributed by atoms with E-state index in [1.165, 1.54) is 17.0 Å². The van der Waals surface area contributed by atoms with Gasteiger partial charge < -0.3 is 5.32 Å². The van der Waals surface area contributed by atoms with Gasteiger partial charge in [0.25, 0.3) is 5.91 Å². The number of nitrogens with one attached hydrogen (secondary N) is 1. The lowest BCUT2D eigenvalue weighted by Crippen LogP contribution is -2.32. The summed E-state index contributed by atoms with van der Waals surface area (Å²) in [5.41, 5.74) is 0.910. The van der Waals surface area contributed by atoms with Gasteiger partial charge in [-0.1, -0.05) is 12.1 Å². The summed E-state index contributed by atoms with van der Waals surface area (Å²) in [6.07, 6.45) is 0.588. The smallest absolute Gasteiger partial charge is 0.251 e. The lowest BCUT2D eigenvalue weighted by Gasteiger charge is -2.14. The van der Waals surface area contributed by atoms with E-state index in [2.05, 4.69) is 5.32 Å². The molecule has 0 saturated carbocycles. The van der Waals surface area contributed by atoms with E-state index in [9.17, 15) is 13.2 Å². The average molecular weight is 313 g/mol. The summed E-state index contributed by atoms with van der Waals surface area (Å²) in [6, 6.07) is 5.98. The largest absolute Gasteiger partial charge is 0.351 e. The van der Waals surface area contributed by atoms with Crippen LogP contribution in [0.2, 0.25) is 0 Å². The monoisotopic (exact) mass is 313 g/mol. The van der Waals surface area contributed by atoms with Crippen LogP contribution in [0, 0.1) is 0 Å². The minimum absolute atomic E-state index is 0.0452. The Labute approximate surface area is 123 Å². The third-order valence-corrected chi connectivity index (χ3v) is 4.37. The first-order chi connectivity index (χ1) is 9.29. The third kappa shape index (κ3) is 3.14. The Morgan fingerprint density at radius 3 is 2.40 bits per heavy atom. The molecule has 0 spiro atoms. The second-order valence-electron chi connectivity index (χ2n) is 4.60. The normalized spacial score (nSPS) is 19.3. The van der Waals surface area contributed by atoms with Crippen LogP contribution in [0.5, 0.6) is 0 Å². The number of hydrogen-bond acceptors (Lipinski definition) is 4. The summed E-state index contributed by atoms with van der Waals surface area (Å²) in [7, 11) is -3.67. The Hall–Kier alpha value is -1.51. The van der Waals surface area contributed by atoms with E-state index in [1.54, 1.807) is 19.1 Å². The van der Waals surface area contributed by atoms with Crippen molar-refractivity contribution in [2.45, 2.75) is 24.3 Å². The van der Waals surface area contributed by atoms with E-state index in [1.807, 2.05) is 0 Å². The quantitative estimate of drug-likeness (QED) is 0.762. The van der Waals surface area contributed by atoms with E-state index in [0.717, 1.165) is 5.56 Å². The predicted octanol–water partition coefficient (Wildman–Crippen LogP) is -0.0183. The number of amides is 1. The number of thiocarbonyl (C=S) groups is 1. The van der Waals surface area contributed by atoms with Gasteiger partial charge in [0.15, 0.2) is 5.11 Å². The molecule has 20 heavy (non-hydrogen) atoms. The van der Waals surface area contributed by atoms with Crippen LogP contribution in [0.1, 0.15) is 12.5 Å². The van der Waals surface area contributed by atoms with Gasteiger partial charge in [-0.2, -0.15) is 0 Å². The maximum absolute atomic E-state index is 11.8. The number of nitrogens with two attached hydrogens (primary N) is 1. The topological polar surface area (TPSA) is 92.5 Å². The summed E-state index contributed by atoms with van der Waals surface area (Å²) in [5, 5.41) is 8.35. The van der Waals surface area contributed by atoms with Gasteiger partial charge in [0.2, 0.25) is 10.0 Å². The molecule has 1 fully saturated rings. The number of carbonyl (C=O) groups excluding carboxylic acids is 1. The molecule has 0 bridgehead atoms. The zero-order valence-corrected chi connectivity index (χ0v) is 12.5. The second kappa shape index (κ2) is 5.47. The van der Waals surface area contributed by atoms with Crippen molar-refractivity contribution in [3.05, 3.63) is 29.8 Å². The molecule has 108 valence electrons. The van der Waals surface area contributed by atoms with Crippen LogP contribution in [-0.2, 0) is 21.2 Å². The highest BCUT2D eigenvalue weighted by Gasteiger charge is 2.31. The number of sulfonamides is 1. The molecule has 1 heterocycles. The van der Waals surface area contributed by atoms with Crippen molar-refractivity contribution < 1.29 is 13.2 Å². The van der Waals surface area contributed by atoms with Crippen molar-refractivity contribution in [3.8, 4) is 0 Å². The molecule has 1 amide bonds. The lowest BCUT2D eigenvalue weighted by molar-refractivity contribution is -0.126. The van der Waals surface area contributed by atoms with Crippen molar-refractivity contribution in [2.24, 2.45) is 5.14 Å². The number of rotatable bonds is 4. The molecule has 0 radical (unpaired) electrons. The molecule has 1 aliphatic heterocycles. The number of hydrogen-bond donors (Lipinski definition) is 2. The third-order valence-electron chi connectivity index (χ3n) is 3.10. The Kier molecular flexibility index (Phi) is 4.07. The van der Waals surface area contributed by atoms with E-state index in [-0.39, 0.29) is 16.8 Å². The minimum atomic E-state index is -3.67. The highest BCUT2D eigenvalue weighted by Crippen LogP contribution is 2.12. The van der Waals surface area contributed by atoms with Gasteiger partial charge in [-0.25, -0.2) is 13.6 Å². The summed E-state index contributed by atoms with van der Waals surface area (Å²) in [6.45, 7) is 2.22. The molecule has 0 unspecified atom stereocenters. The van der Waals surface area contributed by atoms with E-state index in [0.29, 0.717) is 18.1 Å². The molecule has 1 aromatic carbocycles. The maximum atomic E-state index is 11.8. The molecular weight excluding hydrogens is 298 g/mol. The van der Waals surface area contributed by atoms with Gasteiger partial charge in [-0.3, -0.25) is 9.69 Å². The average Bonchev–Trinajstić information content (AvgIpc) is 2.61. The Morgan fingerprint density at radius 1 is 1.35 bits per heavy atom. The predicted molar refractivity (Wildman–Crippen MR) is 78.4 cm³/mol. The van der Waals surface area contributed by atoms with Crippen molar-refractivity contribution >= 4 is 33.3 Å². The minimum Gasteiger partial charge on any atom is -0.351 e. The highest BCUT2D eigenvalue weighted by molar-refractivity contribution is 7.89. The van der Waals surface area contributed by atoms with Crippen LogP contribution in [-0.4, -0.2) is 36.9 Å². The van der Waals surface area contributed by atoms with Crippen LogP contribution in [0.4, 0.5) is 0 Å². The molecule has 0 aliphatic carbocycles. The summed E-state index contributed by atoms with van der Waals surface area (Å²) in [5.74, 6) is -0.0452. The number of benzene rings is 1. The molecule has 3 N–H and O–H groups in total. The van der Waals surface area contributed by atoms with Gasteiger partial charge in [-0.05, 0) is 43.3 Å². The fraction of sp³-hybridized carbons (Fsp3) is 0.333. The summed E-state index contributed by atoms with van der Waals surface area (Å²) >= 11 is 5.08. The zero-order chi connectivity index (χ0) is 14.9. The van der Waals surface area contributed by atoms with Gasteiger partial charge in [-0.15, -0.1) is 0 Å². The molecule has 2 rings (SSSR count). The Balaban J connectivity index is 2.02. The fourth-order valence-corrected chi connectivity index (χ4v) is 2.83. The lowest BCUT2D eigenvalue weighted by atomic mass is 10.1. The number of nitrogens with zero attached hydrogens (tertiary/aromatic N) is 1. The van der Waals surface area contributed by atoms with Crippen LogP contribution in [0.15, 0.2) is 29.2 Å². The van der Waals surface area contributed by atoms with Crippen LogP contribution in [0.3, 0.4) is 0 Å². The summed E-state index contributed by atoms with van der Waals surface area (Å²) in [4.78, 5) is 13.4. The van der Waals surface area contributed by atoms with E-state index >= 15 is 0 Å². The van der Waals surface area contributed by atoms with Crippen molar-refractivity contribution in [1.29, 1.82) is 0 Å². The molecule has 1 atom stereocenters. The maximum Gasteiger partial charge on any atom is 0.251 e. The molecule has 1 aliphatic rings. The molecular formula is C12H15N3O3S2. The highest BCUT2D eigenvalue weighted by atomic mass is 32.2. The molecule has 1 saturated heterocycles. The number of primary sulfonamides is 1. The van der Waals surface area contributed by atoms with Gasteiger partial charge in [0.1, 0.15) is 6.04 Å². The number of carbonyl (C=O) groups is 1. The second-order valence-corrected chi connectivity index (χ2v) is 6.55. The van der Waals surface area contributed by atoms with Crippen LogP contribution in [0.25, 0.3) is 0 Å². The van der Waals surface area contributed by atoms with Crippen molar-refractivity contribution in [2.75, 3.05) is 6.54 Å². The first-order valence-electron chi connectivity index (χ1n) is 6.02. The molecule has 1 aromatic rings. The molecule has 0 aromatic heterocycles. The first-order valence-corrected chi connectivity index (χ1v) is 7.98. The van der Waals surface area contributed by atoms with Crippen molar-refractivity contribution in [1.82, 2.24) is 10.2 Å². The summed E-state index contributed by atoms with van der Waals surface area (Å²) < 4.78 is 22.3. The van der Waals surface area contributed by atoms with Crippen molar-refractivity contribution in [3.63, 3.8) is 0 Å². The molecule has 6 nitrogen and oxygen atoms in total. The molecule has 8 heteroatoms. The first kappa shape index (κ1) is 14.9. The Morgan fingerprint density at radius 2 is 1.95 bits per heavy atom. The van der Waals surface area contributed by atoms with Gasteiger partial charge in [0, 0.05) is 6.54 Å². The van der Waals surface area contributed by atoms with Gasteiger partial charge >= 0.3 is 0 Å². The fourth-order valence-electron chi connectivity index (χ4n) is 1.96. The van der Waals surface area contributed by atoms with Crippen LogP contribution >= 0.6 is 12.2 Å². The Bertz CT molecular complexity index is 640. The van der Waals surface area contributed by atoms with E-state index in [4.69, 9.17) is 17.4 Å². The standard InChI is InChI=1S/C12H15N3O3S2/c1-8-11(16)15(12(19)14-8)7-6-9-2-4-10(5-3-9)20(13,17)18/h2-5,8H,6-7H2,1H3,(H,14,19)(H2,13,17,18)/t8-/m0/s1.